The zero-order valence-corrected chi connectivity index (χ0v) is 10.8. The van der Waals surface area contributed by atoms with Crippen LogP contribution in [0.25, 0.3) is 0 Å². The minimum absolute atomic E-state index is 0.198. The van der Waals surface area contributed by atoms with Crippen LogP contribution in [0.2, 0.25) is 0 Å². The van der Waals surface area contributed by atoms with Crippen LogP contribution >= 0.6 is 15.9 Å². The van der Waals surface area contributed by atoms with E-state index in [9.17, 15) is 9.59 Å². The lowest BCUT2D eigenvalue weighted by molar-refractivity contribution is -0.131. The first-order chi connectivity index (χ1) is 8.00. The molecule has 0 radical (unpaired) electrons. The first-order valence-electron chi connectivity index (χ1n) is 4.96. The number of aliphatic carboxylic acids is 1. The molecule has 0 saturated carbocycles. The highest BCUT2D eigenvalue weighted by Crippen LogP contribution is 2.22. The second kappa shape index (κ2) is 6.20. The number of carbonyl (C=O) groups is 2. The van der Waals surface area contributed by atoms with Crippen LogP contribution in [0.3, 0.4) is 0 Å². The molecule has 90 valence electrons. The van der Waals surface area contributed by atoms with Crippen LogP contribution in [0.4, 0.5) is 0 Å². The Morgan fingerprint density at radius 2 is 2.00 bits per heavy atom. The lowest BCUT2D eigenvalue weighted by Gasteiger charge is -2.14. The standard InChI is InChI=1S/C12H12BrNO3/c1-8(9-4-2-3-5-10(9)13)14-11(15)6-7-12(16)17/h2-8H,1H3,(H,14,15)(H,16,17)/b7-6+/t8-/m0/s1. The molecule has 0 fully saturated rings. The summed E-state index contributed by atoms with van der Waals surface area (Å²) in [7, 11) is 0. The summed E-state index contributed by atoms with van der Waals surface area (Å²) in [4.78, 5) is 21.6. The maximum absolute atomic E-state index is 11.4. The van der Waals surface area contributed by atoms with E-state index >= 15 is 0 Å². The second-order valence-corrected chi connectivity index (χ2v) is 4.28. The molecule has 0 spiro atoms. The largest absolute Gasteiger partial charge is 0.478 e. The van der Waals surface area contributed by atoms with E-state index in [-0.39, 0.29) is 6.04 Å². The van der Waals surface area contributed by atoms with Gasteiger partial charge in [-0.15, -0.1) is 0 Å². The highest BCUT2D eigenvalue weighted by Gasteiger charge is 2.10. The molecule has 17 heavy (non-hydrogen) atoms. The Morgan fingerprint density at radius 3 is 2.59 bits per heavy atom. The summed E-state index contributed by atoms with van der Waals surface area (Å²) in [5.74, 6) is -1.58. The van der Waals surface area contributed by atoms with Gasteiger partial charge in [0.1, 0.15) is 0 Å². The predicted molar refractivity (Wildman–Crippen MR) is 67.5 cm³/mol. The summed E-state index contributed by atoms with van der Waals surface area (Å²) in [5.41, 5.74) is 0.935. The van der Waals surface area contributed by atoms with Crippen LogP contribution in [-0.2, 0) is 9.59 Å². The molecule has 2 N–H and O–H groups in total. The van der Waals surface area contributed by atoms with Crippen LogP contribution in [-0.4, -0.2) is 17.0 Å². The fraction of sp³-hybridized carbons (Fsp3) is 0.167. The van der Waals surface area contributed by atoms with Crippen molar-refractivity contribution in [2.24, 2.45) is 0 Å². The molecule has 1 amide bonds. The Labute approximate surface area is 107 Å². The Kier molecular flexibility index (Phi) is 4.90. The van der Waals surface area contributed by atoms with Crippen molar-refractivity contribution in [3.05, 3.63) is 46.5 Å². The molecule has 1 rings (SSSR count). The summed E-state index contributed by atoms with van der Waals surface area (Å²) in [5, 5.41) is 11.1. The fourth-order valence-corrected chi connectivity index (χ4v) is 1.94. The van der Waals surface area contributed by atoms with E-state index in [0.717, 1.165) is 22.2 Å². The van der Waals surface area contributed by atoms with Crippen molar-refractivity contribution in [1.82, 2.24) is 5.32 Å². The molecule has 1 aromatic rings. The van der Waals surface area contributed by atoms with Crippen molar-refractivity contribution in [2.45, 2.75) is 13.0 Å². The van der Waals surface area contributed by atoms with Crippen LogP contribution in [0.15, 0.2) is 40.9 Å². The van der Waals surface area contributed by atoms with Crippen molar-refractivity contribution in [2.75, 3.05) is 0 Å². The molecular weight excluding hydrogens is 286 g/mol. The summed E-state index contributed by atoms with van der Waals surface area (Å²) in [6.07, 6.45) is 1.80. The van der Waals surface area contributed by atoms with Crippen molar-refractivity contribution in [3.8, 4) is 0 Å². The molecule has 0 heterocycles. The molecule has 0 unspecified atom stereocenters. The number of carboxylic acid groups (broad SMARTS) is 1. The fourth-order valence-electron chi connectivity index (χ4n) is 1.31. The zero-order chi connectivity index (χ0) is 12.8. The molecular formula is C12H12BrNO3. The third-order valence-corrected chi connectivity index (χ3v) is 2.83. The quantitative estimate of drug-likeness (QED) is 0.838. The van der Waals surface area contributed by atoms with Gasteiger partial charge in [-0.05, 0) is 18.6 Å². The highest BCUT2D eigenvalue weighted by molar-refractivity contribution is 9.10. The first-order valence-corrected chi connectivity index (χ1v) is 5.76. The Morgan fingerprint density at radius 1 is 1.35 bits per heavy atom. The third kappa shape index (κ3) is 4.40. The molecule has 5 heteroatoms. The van der Waals surface area contributed by atoms with E-state index in [1.165, 1.54) is 0 Å². The molecule has 1 atom stereocenters. The molecule has 0 bridgehead atoms. The van der Waals surface area contributed by atoms with Crippen LogP contribution in [0.5, 0.6) is 0 Å². The van der Waals surface area contributed by atoms with E-state index in [2.05, 4.69) is 21.2 Å². The number of hydrogen-bond donors (Lipinski definition) is 2. The Balaban J connectivity index is 2.67. The highest BCUT2D eigenvalue weighted by atomic mass is 79.9. The van der Waals surface area contributed by atoms with Crippen molar-refractivity contribution >= 4 is 27.8 Å². The molecule has 0 aliphatic carbocycles. The van der Waals surface area contributed by atoms with E-state index in [4.69, 9.17) is 5.11 Å². The SMILES string of the molecule is C[C@H](NC(=O)/C=C/C(=O)O)c1ccccc1Br. The summed E-state index contributed by atoms with van der Waals surface area (Å²) >= 11 is 3.39. The van der Waals surface area contributed by atoms with Crippen LogP contribution in [0.1, 0.15) is 18.5 Å². The van der Waals surface area contributed by atoms with Gasteiger partial charge in [-0.3, -0.25) is 4.79 Å². The minimum atomic E-state index is -1.14. The smallest absolute Gasteiger partial charge is 0.328 e. The van der Waals surface area contributed by atoms with Gasteiger partial charge in [0.2, 0.25) is 5.91 Å². The molecule has 0 aliphatic heterocycles. The van der Waals surface area contributed by atoms with Gasteiger partial charge < -0.3 is 10.4 Å². The van der Waals surface area contributed by atoms with Gasteiger partial charge >= 0.3 is 5.97 Å². The number of hydrogen-bond acceptors (Lipinski definition) is 2. The zero-order valence-electron chi connectivity index (χ0n) is 9.18. The van der Waals surface area contributed by atoms with Crippen molar-refractivity contribution in [3.63, 3.8) is 0 Å². The van der Waals surface area contributed by atoms with Crippen molar-refractivity contribution in [1.29, 1.82) is 0 Å². The summed E-state index contributed by atoms with van der Waals surface area (Å²) in [6.45, 7) is 1.83. The van der Waals surface area contributed by atoms with Crippen LogP contribution in [0, 0.1) is 0 Å². The van der Waals surface area contributed by atoms with Gasteiger partial charge in [0.25, 0.3) is 0 Å². The molecule has 1 aromatic carbocycles. The summed E-state index contributed by atoms with van der Waals surface area (Å²) < 4.78 is 0.898. The molecule has 0 aromatic heterocycles. The summed E-state index contributed by atoms with van der Waals surface area (Å²) in [6, 6.07) is 7.32. The average molecular weight is 298 g/mol. The maximum Gasteiger partial charge on any atom is 0.328 e. The number of nitrogens with one attached hydrogen (secondary N) is 1. The van der Waals surface area contributed by atoms with E-state index in [0.29, 0.717) is 0 Å². The van der Waals surface area contributed by atoms with E-state index in [1.54, 1.807) is 0 Å². The lowest BCUT2D eigenvalue weighted by Crippen LogP contribution is -2.25. The topological polar surface area (TPSA) is 66.4 Å². The first kappa shape index (κ1) is 13.4. The van der Waals surface area contributed by atoms with Gasteiger partial charge in [-0.1, -0.05) is 34.1 Å². The third-order valence-electron chi connectivity index (χ3n) is 2.11. The Hall–Kier alpha value is -1.62. The van der Waals surface area contributed by atoms with E-state index < -0.39 is 11.9 Å². The van der Waals surface area contributed by atoms with Gasteiger partial charge in [-0.2, -0.15) is 0 Å². The number of benzene rings is 1. The number of carboxylic acids is 1. The van der Waals surface area contributed by atoms with Gasteiger partial charge in [0.05, 0.1) is 6.04 Å². The Bertz CT molecular complexity index is 457. The number of rotatable bonds is 4. The van der Waals surface area contributed by atoms with Crippen LogP contribution < -0.4 is 5.32 Å². The molecule has 4 nitrogen and oxygen atoms in total. The number of carbonyl (C=O) groups excluding carboxylic acids is 1. The minimum Gasteiger partial charge on any atom is -0.478 e. The van der Waals surface area contributed by atoms with Gasteiger partial charge in [0.15, 0.2) is 0 Å². The average Bonchev–Trinajstić information content (AvgIpc) is 2.26. The van der Waals surface area contributed by atoms with Crippen molar-refractivity contribution < 1.29 is 14.7 Å². The van der Waals surface area contributed by atoms with Gasteiger partial charge in [0, 0.05) is 16.6 Å². The molecule has 0 aliphatic rings. The van der Waals surface area contributed by atoms with Gasteiger partial charge in [-0.25, -0.2) is 4.79 Å². The number of amides is 1. The molecule has 0 saturated heterocycles. The predicted octanol–water partition coefficient (Wildman–Crippen LogP) is 2.27. The second-order valence-electron chi connectivity index (χ2n) is 3.42. The number of halogens is 1. The van der Waals surface area contributed by atoms with E-state index in [1.807, 2.05) is 31.2 Å². The maximum atomic E-state index is 11.4. The lowest BCUT2D eigenvalue weighted by atomic mass is 10.1. The monoisotopic (exact) mass is 297 g/mol. The normalized spacial score (nSPS) is 12.4.